The van der Waals surface area contributed by atoms with Gasteiger partial charge in [0.2, 0.25) is 5.91 Å². The Morgan fingerprint density at radius 3 is 2.07 bits per heavy atom. The largest absolute Gasteiger partial charge is 0.372 e. The van der Waals surface area contributed by atoms with Gasteiger partial charge in [-0.05, 0) is 61.9 Å². The molecule has 2 aromatic rings. The van der Waals surface area contributed by atoms with E-state index in [9.17, 15) is 4.79 Å². The molecular weight excluding hydrogens is 334 g/mol. The Balaban J connectivity index is 1.51. The molecule has 0 aromatic heterocycles. The summed E-state index contributed by atoms with van der Waals surface area (Å²) in [5.74, 6) is 0.179. The maximum atomic E-state index is 13.1. The van der Waals surface area contributed by atoms with Crippen molar-refractivity contribution in [3.63, 3.8) is 0 Å². The zero-order chi connectivity index (χ0) is 18.5. The zero-order valence-corrected chi connectivity index (χ0v) is 15.9. The molecule has 0 spiro atoms. The van der Waals surface area contributed by atoms with E-state index >= 15 is 0 Å². The SMILES string of the molecule is O=C([C@H](Nc1ccc(N2CCCCC2)cc1)c1ccccc1)N1CCCC1. The number of benzene rings is 2. The molecule has 0 saturated carbocycles. The zero-order valence-electron chi connectivity index (χ0n) is 15.9. The Labute approximate surface area is 162 Å². The van der Waals surface area contributed by atoms with E-state index in [0.29, 0.717) is 0 Å². The number of anilines is 2. The number of rotatable bonds is 5. The number of hydrogen-bond donors (Lipinski definition) is 1. The normalized spacial score (nSPS) is 18.4. The molecule has 2 saturated heterocycles. The summed E-state index contributed by atoms with van der Waals surface area (Å²) in [5, 5.41) is 3.49. The topological polar surface area (TPSA) is 35.6 Å². The van der Waals surface area contributed by atoms with Crippen molar-refractivity contribution >= 4 is 17.3 Å². The van der Waals surface area contributed by atoms with Crippen LogP contribution in [0.2, 0.25) is 0 Å². The molecule has 4 heteroatoms. The van der Waals surface area contributed by atoms with Gasteiger partial charge in [-0.15, -0.1) is 0 Å². The fourth-order valence-electron chi connectivity index (χ4n) is 4.14. The summed E-state index contributed by atoms with van der Waals surface area (Å²) >= 11 is 0. The Hall–Kier alpha value is -2.49. The molecule has 0 radical (unpaired) electrons. The van der Waals surface area contributed by atoms with Gasteiger partial charge in [-0.3, -0.25) is 4.79 Å². The van der Waals surface area contributed by atoms with Gasteiger partial charge < -0.3 is 15.1 Å². The van der Waals surface area contributed by atoms with Crippen molar-refractivity contribution in [1.82, 2.24) is 4.90 Å². The van der Waals surface area contributed by atoms with Crippen LogP contribution in [0.4, 0.5) is 11.4 Å². The summed E-state index contributed by atoms with van der Waals surface area (Å²) < 4.78 is 0. The second-order valence-electron chi connectivity index (χ2n) is 7.62. The monoisotopic (exact) mass is 363 g/mol. The summed E-state index contributed by atoms with van der Waals surface area (Å²) in [7, 11) is 0. The van der Waals surface area contributed by atoms with Crippen LogP contribution in [-0.4, -0.2) is 37.0 Å². The molecule has 2 heterocycles. The lowest BCUT2D eigenvalue weighted by molar-refractivity contribution is -0.131. The molecule has 2 fully saturated rings. The van der Waals surface area contributed by atoms with Crippen molar-refractivity contribution in [2.24, 2.45) is 0 Å². The van der Waals surface area contributed by atoms with Crippen LogP contribution in [0.1, 0.15) is 43.7 Å². The minimum Gasteiger partial charge on any atom is -0.372 e. The van der Waals surface area contributed by atoms with E-state index in [1.54, 1.807) is 0 Å². The van der Waals surface area contributed by atoms with Crippen LogP contribution in [0.3, 0.4) is 0 Å². The average molecular weight is 364 g/mol. The maximum absolute atomic E-state index is 13.1. The third-order valence-corrected chi connectivity index (χ3v) is 5.70. The van der Waals surface area contributed by atoms with Crippen molar-refractivity contribution in [3.05, 3.63) is 60.2 Å². The summed E-state index contributed by atoms with van der Waals surface area (Å²) in [6.45, 7) is 4.04. The molecular formula is C23H29N3O. The average Bonchev–Trinajstić information content (AvgIpc) is 3.28. The summed E-state index contributed by atoms with van der Waals surface area (Å²) in [4.78, 5) is 17.6. The van der Waals surface area contributed by atoms with E-state index in [-0.39, 0.29) is 11.9 Å². The first-order valence-electron chi connectivity index (χ1n) is 10.3. The lowest BCUT2D eigenvalue weighted by atomic mass is 10.0. The molecule has 27 heavy (non-hydrogen) atoms. The number of amides is 1. The third-order valence-electron chi connectivity index (χ3n) is 5.70. The minimum atomic E-state index is -0.329. The Bertz CT molecular complexity index is 732. The van der Waals surface area contributed by atoms with Crippen LogP contribution in [-0.2, 0) is 4.79 Å². The van der Waals surface area contributed by atoms with E-state index in [2.05, 4.69) is 34.5 Å². The van der Waals surface area contributed by atoms with Gasteiger partial charge >= 0.3 is 0 Å². The molecule has 1 N–H and O–H groups in total. The molecule has 2 aliphatic heterocycles. The number of hydrogen-bond acceptors (Lipinski definition) is 3. The predicted molar refractivity (Wildman–Crippen MR) is 111 cm³/mol. The van der Waals surface area contributed by atoms with E-state index in [1.807, 2.05) is 35.2 Å². The summed E-state index contributed by atoms with van der Waals surface area (Å²) in [5.41, 5.74) is 3.30. The van der Waals surface area contributed by atoms with Gasteiger partial charge in [-0.1, -0.05) is 30.3 Å². The van der Waals surface area contributed by atoms with Gasteiger partial charge in [-0.25, -0.2) is 0 Å². The highest BCUT2D eigenvalue weighted by Gasteiger charge is 2.27. The molecule has 1 amide bonds. The molecule has 1 atom stereocenters. The first-order valence-corrected chi connectivity index (χ1v) is 10.3. The van der Waals surface area contributed by atoms with Gasteiger partial charge in [0, 0.05) is 37.6 Å². The summed E-state index contributed by atoms with van der Waals surface area (Å²) in [6, 6.07) is 18.3. The Kier molecular flexibility index (Phi) is 5.61. The first-order chi connectivity index (χ1) is 13.3. The number of carbonyl (C=O) groups is 1. The number of likely N-dealkylation sites (tertiary alicyclic amines) is 1. The fourth-order valence-corrected chi connectivity index (χ4v) is 4.14. The van der Waals surface area contributed by atoms with E-state index in [4.69, 9.17) is 0 Å². The second-order valence-corrected chi connectivity index (χ2v) is 7.62. The predicted octanol–water partition coefficient (Wildman–Crippen LogP) is 4.45. The summed E-state index contributed by atoms with van der Waals surface area (Å²) in [6.07, 6.45) is 6.11. The van der Waals surface area contributed by atoms with Crippen LogP contribution < -0.4 is 10.2 Å². The highest BCUT2D eigenvalue weighted by atomic mass is 16.2. The van der Waals surface area contributed by atoms with E-state index < -0.39 is 0 Å². The van der Waals surface area contributed by atoms with Crippen molar-refractivity contribution in [2.45, 2.75) is 38.1 Å². The van der Waals surface area contributed by atoms with Crippen molar-refractivity contribution < 1.29 is 4.79 Å². The highest BCUT2D eigenvalue weighted by Crippen LogP contribution is 2.26. The standard InChI is InChI=1S/C23H29N3O/c27-23(26-17-7-8-18-26)22(19-9-3-1-4-10-19)24-20-11-13-21(14-12-20)25-15-5-2-6-16-25/h1,3-4,9-14,22,24H,2,5-8,15-18H2/t22-/m1/s1. The minimum absolute atomic E-state index is 0.179. The smallest absolute Gasteiger partial charge is 0.249 e. The highest BCUT2D eigenvalue weighted by molar-refractivity contribution is 5.86. The molecule has 0 aliphatic carbocycles. The third kappa shape index (κ3) is 4.26. The lowest BCUT2D eigenvalue weighted by Gasteiger charge is -2.29. The van der Waals surface area contributed by atoms with E-state index in [1.165, 1.54) is 24.9 Å². The van der Waals surface area contributed by atoms with Gasteiger partial charge in [-0.2, -0.15) is 0 Å². The molecule has 0 unspecified atom stereocenters. The second kappa shape index (κ2) is 8.47. The number of nitrogens with zero attached hydrogens (tertiary/aromatic N) is 2. The molecule has 0 bridgehead atoms. The van der Waals surface area contributed by atoms with Crippen LogP contribution in [0.5, 0.6) is 0 Å². The fraction of sp³-hybridized carbons (Fsp3) is 0.435. The van der Waals surface area contributed by atoms with Gasteiger partial charge in [0.25, 0.3) is 0 Å². The van der Waals surface area contributed by atoms with Crippen molar-refractivity contribution in [3.8, 4) is 0 Å². The molecule has 2 aromatic carbocycles. The van der Waals surface area contributed by atoms with Crippen molar-refractivity contribution in [2.75, 3.05) is 36.4 Å². The molecule has 4 nitrogen and oxygen atoms in total. The molecule has 4 rings (SSSR count). The first kappa shape index (κ1) is 17.9. The molecule has 2 aliphatic rings. The number of piperidine rings is 1. The van der Waals surface area contributed by atoms with Crippen LogP contribution >= 0.6 is 0 Å². The maximum Gasteiger partial charge on any atom is 0.249 e. The van der Waals surface area contributed by atoms with Crippen LogP contribution in [0.25, 0.3) is 0 Å². The quantitative estimate of drug-likeness (QED) is 0.852. The number of nitrogens with one attached hydrogen (secondary N) is 1. The Morgan fingerprint density at radius 2 is 1.41 bits per heavy atom. The number of carbonyl (C=O) groups excluding carboxylic acids is 1. The van der Waals surface area contributed by atoms with Gasteiger partial charge in [0.1, 0.15) is 6.04 Å². The van der Waals surface area contributed by atoms with Crippen LogP contribution in [0, 0.1) is 0 Å². The lowest BCUT2D eigenvalue weighted by Crippen LogP contribution is -2.36. The molecule has 142 valence electrons. The van der Waals surface area contributed by atoms with E-state index in [0.717, 1.165) is 50.3 Å². The van der Waals surface area contributed by atoms with Crippen LogP contribution in [0.15, 0.2) is 54.6 Å². The van der Waals surface area contributed by atoms with Crippen molar-refractivity contribution in [1.29, 1.82) is 0 Å². The Morgan fingerprint density at radius 1 is 0.778 bits per heavy atom. The van der Waals surface area contributed by atoms with Gasteiger partial charge in [0.05, 0.1) is 0 Å². The van der Waals surface area contributed by atoms with Gasteiger partial charge in [0.15, 0.2) is 0 Å².